The molecule has 0 aromatic carbocycles. The van der Waals surface area contributed by atoms with Crippen LogP contribution >= 0.6 is 22.6 Å². The fourth-order valence-electron chi connectivity index (χ4n) is 0.964. The number of nitrogens with one attached hydrogen (secondary N) is 1. The molecule has 0 fully saturated rings. The Labute approximate surface area is 87.5 Å². The Morgan fingerprint density at radius 3 is 2.92 bits per heavy atom. The van der Waals surface area contributed by atoms with E-state index in [2.05, 4.69) is 32.6 Å². The molecule has 1 N–H and O–H groups in total. The first kappa shape index (κ1) is 8.49. The van der Waals surface area contributed by atoms with Gasteiger partial charge in [-0.25, -0.2) is 4.98 Å². The van der Waals surface area contributed by atoms with Crippen LogP contribution < -0.4 is 0 Å². The van der Waals surface area contributed by atoms with Gasteiger partial charge in [0.25, 0.3) is 0 Å². The van der Waals surface area contributed by atoms with Crippen LogP contribution in [0.2, 0.25) is 0 Å². The number of aromatic amines is 1. The molecule has 0 spiro atoms. The van der Waals surface area contributed by atoms with Gasteiger partial charge in [-0.2, -0.15) is 0 Å². The van der Waals surface area contributed by atoms with Crippen LogP contribution in [0.15, 0.2) is 22.7 Å². The summed E-state index contributed by atoms with van der Waals surface area (Å²) < 4.78 is 6.09. The summed E-state index contributed by atoms with van der Waals surface area (Å²) in [5.74, 6) is 1.21. The lowest BCUT2D eigenvalue weighted by Crippen LogP contribution is -1.78. The molecule has 0 unspecified atom stereocenters. The van der Waals surface area contributed by atoms with Crippen molar-refractivity contribution in [2.24, 2.45) is 0 Å². The average molecular weight is 288 g/mol. The predicted octanol–water partition coefficient (Wildman–Crippen LogP) is 2.09. The van der Waals surface area contributed by atoms with Crippen LogP contribution in [-0.4, -0.2) is 16.3 Å². The number of aromatic nitrogens is 2. The number of H-pyrrole nitrogens is 1. The number of nitrogens with zero attached hydrogens (tertiary/aromatic N) is 1. The zero-order chi connectivity index (χ0) is 9.26. The second kappa shape index (κ2) is 3.33. The predicted molar refractivity (Wildman–Crippen MR) is 54.4 cm³/mol. The Kier molecular flexibility index (Phi) is 2.17. The van der Waals surface area contributed by atoms with Crippen LogP contribution in [0.25, 0.3) is 11.6 Å². The lowest BCUT2D eigenvalue weighted by molar-refractivity contribution is 0.111. The zero-order valence-electron chi connectivity index (χ0n) is 6.45. The molecular weight excluding hydrogens is 283 g/mol. The van der Waals surface area contributed by atoms with E-state index in [0.717, 1.165) is 3.77 Å². The second-order valence-corrected chi connectivity index (χ2v) is 3.46. The number of aldehydes is 1. The quantitative estimate of drug-likeness (QED) is 0.680. The molecular formula is C8H5IN2O2. The molecule has 0 aliphatic carbocycles. The van der Waals surface area contributed by atoms with Gasteiger partial charge in [0.2, 0.25) is 0 Å². The highest BCUT2D eigenvalue weighted by atomic mass is 127. The monoisotopic (exact) mass is 288 g/mol. The molecule has 0 amide bonds. The molecule has 0 radical (unpaired) electrons. The van der Waals surface area contributed by atoms with Crippen molar-refractivity contribution in [2.45, 2.75) is 0 Å². The van der Waals surface area contributed by atoms with E-state index in [9.17, 15) is 4.79 Å². The van der Waals surface area contributed by atoms with E-state index in [0.29, 0.717) is 23.6 Å². The van der Waals surface area contributed by atoms with E-state index < -0.39 is 0 Å². The molecule has 2 aromatic rings. The Hall–Kier alpha value is -1.11. The van der Waals surface area contributed by atoms with Gasteiger partial charge in [0.15, 0.2) is 21.6 Å². The van der Waals surface area contributed by atoms with Gasteiger partial charge in [0, 0.05) is 6.20 Å². The van der Waals surface area contributed by atoms with Crippen LogP contribution in [0.4, 0.5) is 0 Å². The summed E-state index contributed by atoms with van der Waals surface area (Å²) in [6.45, 7) is 0. The summed E-state index contributed by atoms with van der Waals surface area (Å²) in [7, 11) is 0. The standard InChI is InChI=1S/C8H5IN2O2/c9-7-2-1-6(13-7)8-10-3-5(4-12)11-8/h1-4H,(H,10,11). The maximum Gasteiger partial charge on any atom is 0.174 e. The first-order valence-corrected chi connectivity index (χ1v) is 4.64. The lowest BCUT2D eigenvalue weighted by atomic mass is 10.4. The van der Waals surface area contributed by atoms with Crippen molar-refractivity contribution >= 4 is 28.9 Å². The summed E-state index contributed by atoms with van der Waals surface area (Å²) in [6.07, 6.45) is 2.23. The summed E-state index contributed by atoms with van der Waals surface area (Å²) in [6, 6.07) is 3.63. The maximum absolute atomic E-state index is 10.3. The summed E-state index contributed by atoms with van der Waals surface area (Å²) in [4.78, 5) is 17.2. The number of hydrogen-bond acceptors (Lipinski definition) is 3. The number of carbonyl (C=O) groups is 1. The first-order chi connectivity index (χ1) is 6.29. The van der Waals surface area contributed by atoms with Crippen LogP contribution in [-0.2, 0) is 0 Å². The van der Waals surface area contributed by atoms with Gasteiger partial charge < -0.3 is 9.40 Å². The number of rotatable bonds is 2. The molecule has 0 saturated carbocycles. The van der Waals surface area contributed by atoms with Crippen LogP contribution in [0, 0.1) is 3.77 Å². The number of halogens is 1. The minimum absolute atomic E-state index is 0.376. The smallest absolute Gasteiger partial charge is 0.174 e. The van der Waals surface area contributed by atoms with Crippen molar-refractivity contribution < 1.29 is 9.21 Å². The van der Waals surface area contributed by atoms with E-state index >= 15 is 0 Å². The largest absolute Gasteiger partial charge is 0.447 e. The average Bonchev–Trinajstić information content (AvgIpc) is 2.71. The molecule has 5 heteroatoms. The Morgan fingerprint density at radius 1 is 1.54 bits per heavy atom. The number of imidazole rings is 1. The molecule has 4 nitrogen and oxygen atoms in total. The molecule has 0 saturated heterocycles. The van der Waals surface area contributed by atoms with Crippen LogP contribution in [0.3, 0.4) is 0 Å². The van der Waals surface area contributed by atoms with Gasteiger partial charge in [0.05, 0.1) is 0 Å². The Morgan fingerprint density at radius 2 is 2.38 bits per heavy atom. The Bertz CT molecular complexity index is 433. The first-order valence-electron chi connectivity index (χ1n) is 3.56. The summed E-state index contributed by atoms with van der Waals surface area (Å²) in [5, 5.41) is 0. The van der Waals surface area contributed by atoms with Crippen molar-refractivity contribution in [1.29, 1.82) is 0 Å². The van der Waals surface area contributed by atoms with E-state index in [1.54, 1.807) is 6.07 Å². The molecule has 0 aliphatic rings. The topological polar surface area (TPSA) is 58.9 Å². The fraction of sp³-hybridized carbons (Fsp3) is 0. The highest BCUT2D eigenvalue weighted by Crippen LogP contribution is 2.19. The van der Waals surface area contributed by atoms with Crippen molar-refractivity contribution in [3.63, 3.8) is 0 Å². The molecule has 13 heavy (non-hydrogen) atoms. The van der Waals surface area contributed by atoms with E-state index in [1.807, 2.05) is 6.07 Å². The maximum atomic E-state index is 10.3. The molecule has 2 heterocycles. The number of hydrogen-bond donors (Lipinski definition) is 1. The molecule has 2 rings (SSSR count). The van der Waals surface area contributed by atoms with Gasteiger partial charge in [0.1, 0.15) is 5.69 Å². The minimum Gasteiger partial charge on any atom is -0.447 e. The number of carbonyl (C=O) groups excluding carboxylic acids is 1. The minimum atomic E-state index is 0.376. The third kappa shape index (κ3) is 1.64. The van der Waals surface area contributed by atoms with Crippen molar-refractivity contribution in [1.82, 2.24) is 9.97 Å². The SMILES string of the molecule is O=Cc1c[nH]c(-c2ccc(I)o2)n1. The van der Waals surface area contributed by atoms with Crippen molar-refractivity contribution in [2.75, 3.05) is 0 Å². The molecule has 2 aromatic heterocycles. The molecule has 66 valence electrons. The molecule has 0 bridgehead atoms. The van der Waals surface area contributed by atoms with Gasteiger partial charge >= 0.3 is 0 Å². The highest BCUT2D eigenvalue weighted by molar-refractivity contribution is 14.1. The van der Waals surface area contributed by atoms with E-state index in [-0.39, 0.29) is 0 Å². The summed E-state index contributed by atoms with van der Waals surface area (Å²) in [5.41, 5.74) is 0.376. The Balaban J connectivity index is 2.40. The second-order valence-electron chi connectivity index (χ2n) is 2.40. The molecule has 0 atom stereocenters. The third-order valence-corrected chi connectivity index (χ3v) is 2.10. The highest BCUT2D eigenvalue weighted by Gasteiger charge is 2.06. The number of furan rings is 1. The van der Waals surface area contributed by atoms with E-state index in [1.165, 1.54) is 6.20 Å². The van der Waals surface area contributed by atoms with Crippen LogP contribution in [0.1, 0.15) is 10.5 Å². The van der Waals surface area contributed by atoms with Gasteiger partial charge in [-0.3, -0.25) is 4.79 Å². The molecule has 0 aliphatic heterocycles. The fourth-order valence-corrected chi connectivity index (χ4v) is 1.38. The third-order valence-electron chi connectivity index (χ3n) is 1.53. The van der Waals surface area contributed by atoms with Crippen molar-refractivity contribution in [3.05, 3.63) is 27.8 Å². The van der Waals surface area contributed by atoms with Gasteiger partial charge in [-0.1, -0.05) is 0 Å². The normalized spacial score (nSPS) is 10.2. The summed E-state index contributed by atoms with van der Waals surface area (Å²) >= 11 is 2.07. The van der Waals surface area contributed by atoms with Gasteiger partial charge in [-0.15, -0.1) is 0 Å². The van der Waals surface area contributed by atoms with Gasteiger partial charge in [-0.05, 0) is 34.7 Å². The lowest BCUT2D eigenvalue weighted by Gasteiger charge is -1.86. The van der Waals surface area contributed by atoms with E-state index in [4.69, 9.17) is 4.42 Å². The zero-order valence-corrected chi connectivity index (χ0v) is 8.61. The van der Waals surface area contributed by atoms with Crippen molar-refractivity contribution in [3.8, 4) is 11.6 Å². The van der Waals surface area contributed by atoms with Crippen LogP contribution in [0.5, 0.6) is 0 Å².